The molecule has 0 heterocycles. The average molecular weight is 406 g/mol. The molecule has 2 aromatic rings. The maximum atomic E-state index is 11.5. The summed E-state index contributed by atoms with van der Waals surface area (Å²) in [5, 5.41) is 49.8. The van der Waals surface area contributed by atoms with Crippen molar-refractivity contribution < 1.29 is 29.6 Å². The standard InChI is InChI=1S/C15H14N6O8/c1-18(2)21(28)17-29-14-7-11(12(19(24)25)8-13(14)20(26)27)16-10-5-3-4-9(6-10)15(22)23/h3-8,16H,1-2H3,(H,22,23)/b21-17-. The number of carboxylic acids is 1. The molecule has 14 nitrogen and oxygen atoms in total. The molecule has 152 valence electrons. The minimum Gasteiger partial charge on any atom is -0.569 e. The molecule has 0 saturated heterocycles. The molecule has 0 spiro atoms. The minimum atomic E-state index is -1.21. The zero-order valence-electron chi connectivity index (χ0n) is 15.0. The summed E-state index contributed by atoms with van der Waals surface area (Å²) in [6.07, 6.45) is 0. The van der Waals surface area contributed by atoms with Gasteiger partial charge in [0, 0.05) is 11.8 Å². The molecular weight excluding hydrogens is 392 g/mol. The van der Waals surface area contributed by atoms with Gasteiger partial charge < -0.3 is 15.6 Å². The Morgan fingerprint density at radius 3 is 2.31 bits per heavy atom. The van der Waals surface area contributed by atoms with Crippen LogP contribution < -0.4 is 10.2 Å². The number of carbonyl (C=O) groups is 1. The number of anilines is 2. The van der Waals surface area contributed by atoms with Crippen LogP contribution in [0.25, 0.3) is 0 Å². The Morgan fingerprint density at radius 1 is 1.10 bits per heavy atom. The number of nitro groups is 2. The largest absolute Gasteiger partial charge is 0.569 e. The number of carboxylic acid groups (broad SMARTS) is 1. The summed E-state index contributed by atoms with van der Waals surface area (Å²) in [4.78, 5) is 36.7. The lowest BCUT2D eigenvalue weighted by Crippen LogP contribution is -2.21. The van der Waals surface area contributed by atoms with Gasteiger partial charge in [-0.3, -0.25) is 25.1 Å². The molecule has 2 aromatic carbocycles. The lowest BCUT2D eigenvalue weighted by Gasteiger charge is -2.10. The monoisotopic (exact) mass is 406 g/mol. The van der Waals surface area contributed by atoms with Crippen molar-refractivity contribution in [3.8, 4) is 5.75 Å². The van der Waals surface area contributed by atoms with Crippen LogP contribution in [0.1, 0.15) is 10.4 Å². The predicted molar refractivity (Wildman–Crippen MR) is 96.8 cm³/mol. The Morgan fingerprint density at radius 2 is 1.76 bits per heavy atom. The minimum absolute atomic E-state index is 0.00538. The van der Waals surface area contributed by atoms with Crippen molar-refractivity contribution in [1.82, 2.24) is 5.01 Å². The first-order chi connectivity index (χ1) is 13.6. The first kappa shape index (κ1) is 20.8. The molecule has 0 bridgehead atoms. The molecule has 0 aromatic heterocycles. The van der Waals surface area contributed by atoms with Crippen LogP contribution in [0.5, 0.6) is 5.75 Å². The van der Waals surface area contributed by atoms with Crippen molar-refractivity contribution >= 4 is 28.7 Å². The normalized spacial score (nSPS) is 10.9. The number of hydrazine groups is 1. The van der Waals surface area contributed by atoms with Gasteiger partial charge in [0.25, 0.3) is 5.69 Å². The number of nitrogens with zero attached hydrogens (tertiary/aromatic N) is 5. The summed E-state index contributed by atoms with van der Waals surface area (Å²) in [5.74, 6) is -1.76. The van der Waals surface area contributed by atoms with Crippen LogP contribution in [-0.2, 0) is 0 Å². The zero-order chi connectivity index (χ0) is 21.7. The fraction of sp³-hybridized carbons (Fsp3) is 0.133. The smallest absolute Gasteiger partial charge is 0.335 e. The lowest BCUT2D eigenvalue weighted by molar-refractivity contribution is -0.695. The molecule has 0 aliphatic rings. The van der Waals surface area contributed by atoms with Gasteiger partial charge in [-0.05, 0) is 18.2 Å². The van der Waals surface area contributed by atoms with E-state index in [9.17, 15) is 30.2 Å². The topological polar surface area (TPSA) is 187 Å². The quantitative estimate of drug-likeness (QED) is 0.285. The first-order valence-electron chi connectivity index (χ1n) is 7.70. The highest BCUT2D eigenvalue weighted by atomic mass is 16.7. The predicted octanol–water partition coefficient (Wildman–Crippen LogP) is 2.68. The van der Waals surface area contributed by atoms with Gasteiger partial charge in [-0.15, -0.1) is 0 Å². The second-order valence-electron chi connectivity index (χ2n) is 5.64. The average Bonchev–Trinajstić information content (AvgIpc) is 2.65. The third-order valence-electron chi connectivity index (χ3n) is 3.41. The molecular formula is C15H14N6O8. The summed E-state index contributed by atoms with van der Waals surface area (Å²) in [5.41, 5.74) is -1.62. The number of benzene rings is 2. The number of aromatic carboxylic acids is 1. The van der Waals surface area contributed by atoms with Crippen LogP contribution in [-0.4, -0.2) is 45.0 Å². The van der Waals surface area contributed by atoms with Crippen molar-refractivity contribution in [3.05, 3.63) is 67.4 Å². The third kappa shape index (κ3) is 5.03. The Bertz CT molecular complexity index is 1010. The van der Waals surface area contributed by atoms with Crippen molar-refractivity contribution in [2.75, 3.05) is 19.4 Å². The van der Waals surface area contributed by atoms with Crippen LogP contribution in [0.4, 0.5) is 22.7 Å². The molecule has 2 rings (SSSR count). The summed E-state index contributed by atoms with van der Waals surface area (Å²) in [7, 11) is 2.68. The molecule has 0 saturated carbocycles. The van der Waals surface area contributed by atoms with Crippen LogP contribution >= 0.6 is 0 Å². The third-order valence-corrected chi connectivity index (χ3v) is 3.41. The fourth-order valence-corrected chi connectivity index (χ4v) is 2.06. The van der Waals surface area contributed by atoms with Crippen molar-refractivity contribution in [1.29, 1.82) is 0 Å². The highest BCUT2D eigenvalue weighted by Gasteiger charge is 2.27. The number of nitro benzene ring substituents is 2. The number of nitrogens with one attached hydrogen (secondary N) is 1. The van der Waals surface area contributed by atoms with Crippen molar-refractivity contribution in [2.24, 2.45) is 5.28 Å². The van der Waals surface area contributed by atoms with E-state index >= 15 is 0 Å². The highest BCUT2D eigenvalue weighted by molar-refractivity contribution is 5.89. The van der Waals surface area contributed by atoms with E-state index in [0.29, 0.717) is 6.07 Å². The van der Waals surface area contributed by atoms with Crippen LogP contribution in [0.2, 0.25) is 0 Å². The van der Waals surface area contributed by atoms with Gasteiger partial charge in [-0.1, -0.05) is 6.07 Å². The van der Waals surface area contributed by atoms with Crippen LogP contribution in [0.15, 0.2) is 41.7 Å². The summed E-state index contributed by atoms with van der Waals surface area (Å²) < 4.78 is 0. The van der Waals surface area contributed by atoms with Gasteiger partial charge >= 0.3 is 11.7 Å². The Hall–Kier alpha value is -4.49. The van der Waals surface area contributed by atoms with Crippen LogP contribution in [0, 0.1) is 25.4 Å². The van der Waals surface area contributed by atoms with E-state index in [2.05, 4.69) is 10.6 Å². The Kier molecular flexibility index (Phi) is 6.08. The van der Waals surface area contributed by atoms with Gasteiger partial charge in [0.1, 0.15) is 11.8 Å². The maximum absolute atomic E-state index is 11.5. The second-order valence-corrected chi connectivity index (χ2v) is 5.64. The van der Waals surface area contributed by atoms with Crippen LogP contribution in [0.3, 0.4) is 0 Å². The molecule has 0 aliphatic heterocycles. The van der Waals surface area contributed by atoms with Gasteiger partial charge in [0.2, 0.25) is 11.0 Å². The molecule has 0 atom stereocenters. The lowest BCUT2D eigenvalue weighted by atomic mass is 10.1. The van der Waals surface area contributed by atoms with E-state index in [4.69, 9.17) is 9.94 Å². The molecule has 0 radical (unpaired) electrons. The molecule has 0 amide bonds. The molecule has 29 heavy (non-hydrogen) atoms. The van der Waals surface area contributed by atoms with E-state index in [1.165, 1.54) is 38.4 Å². The number of hydrogen-bond donors (Lipinski definition) is 2. The molecule has 0 aliphatic carbocycles. The fourth-order valence-electron chi connectivity index (χ4n) is 2.06. The molecule has 14 heteroatoms. The first-order valence-corrected chi connectivity index (χ1v) is 7.70. The van der Waals surface area contributed by atoms with Gasteiger partial charge in [-0.2, -0.15) is 5.01 Å². The maximum Gasteiger partial charge on any atom is 0.335 e. The van der Waals surface area contributed by atoms with Crippen molar-refractivity contribution in [3.63, 3.8) is 0 Å². The molecule has 0 unspecified atom stereocenters. The zero-order valence-corrected chi connectivity index (χ0v) is 15.0. The highest BCUT2D eigenvalue weighted by Crippen LogP contribution is 2.39. The van der Waals surface area contributed by atoms with E-state index in [0.717, 1.165) is 11.1 Å². The van der Waals surface area contributed by atoms with Gasteiger partial charge in [-0.25, -0.2) is 4.79 Å². The molecule has 2 N–H and O–H groups in total. The van der Waals surface area contributed by atoms with E-state index in [1.807, 2.05) is 0 Å². The molecule has 0 fully saturated rings. The van der Waals surface area contributed by atoms with Gasteiger partial charge in [0.05, 0.1) is 34.5 Å². The number of rotatable bonds is 8. The Balaban J connectivity index is 2.55. The number of hydrogen-bond acceptors (Lipinski definition) is 9. The summed E-state index contributed by atoms with van der Waals surface area (Å²) >= 11 is 0. The summed E-state index contributed by atoms with van der Waals surface area (Å²) in [6, 6.07) is 6.92. The van der Waals surface area contributed by atoms with E-state index < -0.39 is 32.9 Å². The second kappa shape index (κ2) is 8.47. The van der Waals surface area contributed by atoms with E-state index in [-0.39, 0.29) is 21.9 Å². The van der Waals surface area contributed by atoms with Gasteiger partial charge in [0.15, 0.2) is 0 Å². The van der Waals surface area contributed by atoms with Crippen molar-refractivity contribution in [2.45, 2.75) is 0 Å². The Labute approximate surface area is 162 Å². The van der Waals surface area contributed by atoms with E-state index in [1.54, 1.807) is 0 Å². The summed E-state index contributed by atoms with van der Waals surface area (Å²) in [6.45, 7) is 0. The SMILES string of the molecule is CN(C)/[N+]([O-])=N/Oc1cc(Nc2cccc(C(=O)O)c2)c([N+](=O)[O-])cc1[N+](=O)[O-].